The lowest BCUT2D eigenvalue weighted by molar-refractivity contribution is 0.101. The van der Waals surface area contributed by atoms with Gasteiger partial charge in [0.15, 0.2) is 5.78 Å². The average Bonchev–Trinajstić information content (AvgIpc) is 2.68. The Bertz CT molecular complexity index is 990. The molecule has 0 aliphatic carbocycles. The van der Waals surface area contributed by atoms with Crippen molar-refractivity contribution in [3.8, 4) is 0 Å². The molecule has 0 unspecified atom stereocenters. The lowest BCUT2D eigenvalue weighted by Crippen LogP contribution is -2.19. The minimum absolute atomic E-state index is 0.0607. The molecule has 6 heteroatoms. The number of carbonyl (C=O) groups is 2. The van der Waals surface area contributed by atoms with E-state index < -0.39 is 6.03 Å². The van der Waals surface area contributed by atoms with Crippen LogP contribution in [0.4, 0.5) is 21.9 Å². The smallest absolute Gasteiger partial charge is 0.323 e. The topological polar surface area (TPSA) is 70.2 Å². The molecule has 0 fully saturated rings. The lowest BCUT2D eigenvalue weighted by atomic mass is 10.1. The van der Waals surface area contributed by atoms with Gasteiger partial charge in [-0.05, 0) is 42.8 Å². The van der Waals surface area contributed by atoms with Crippen LogP contribution in [0.3, 0.4) is 0 Å². The molecule has 0 aliphatic heterocycles. The van der Waals surface area contributed by atoms with Crippen LogP contribution >= 0.6 is 11.6 Å². The van der Waals surface area contributed by atoms with Crippen molar-refractivity contribution in [3.63, 3.8) is 0 Å². The van der Waals surface area contributed by atoms with E-state index in [-0.39, 0.29) is 5.78 Å². The summed E-state index contributed by atoms with van der Waals surface area (Å²) in [5, 5.41) is 9.22. The number of nitrogens with one attached hydrogen (secondary N) is 3. The highest BCUT2D eigenvalue weighted by Crippen LogP contribution is 2.26. The maximum absolute atomic E-state index is 12.2. The number of halogens is 1. The first kappa shape index (κ1) is 19.5. The first-order valence-corrected chi connectivity index (χ1v) is 9.15. The summed E-state index contributed by atoms with van der Waals surface area (Å²) in [7, 11) is 0. The second-order valence-electron chi connectivity index (χ2n) is 6.25. The van der Waals surface area contributed by atoms with Crippen molar-refractivity contribution in [1.82, 2.24) is 0 Å². The van der Waals surface area contributed by atoms with E-state index in [1.165, 1.54) is 6.92 Å². The molecule has 3 rings (SSSR count). The van der Waals surface area contributed by atoms with Gasteiger partial charge >= 0.3 is 6.03 Å². The van der Waals surface area contributed by atoms with Crippen molar-refractivity contribution in [3.05, 3.63) is 88.9 Å². The van der Waals surface area contributed by atoms with Gasteiger partial charge in [0.2, 0.25) is 0 Å². The van der Waals surface area contributed by atoms with Gasteiger partial charge in [0.05, 0.1) is 10.7 Å². The number of hydrogen-bond donors (Lipinski definition) is 3. The standard InChI is InChI=1S/C22H20ClN3O2/c1-15(27)17-8-5-9-18(12-17)25-22(28)26-19-10-11-21(20(23)13-19)24-14-16-6-3-2-4-7-16/h2-13,24H,14H2,1H3,(H2,25,26,28). The van der Waals surface area contributed by atoms with E-state index >= 15 is 0 Å². The van der Waals surface area contributed by atoms with Crippen LogP contribution in [0.5, 0.6) is 0 Å². The van der Waals surface area contributed by atoms with E-state index in [2.05, 4.69) is 16.0 Å². The molecule has 0 heterocycles. The fourth-order valence-electron chi connectivity index (χ4n) is 2.64. The predicted molar refractivity (Wildman–Crippen MR) is 114 cm³/mol. The van der Waals surface area contributed by atoms with Gasteiger partial charge in [-0.3, -0.25) is 4.79 Å². The minimum atomic E-state index is -0.415. The molecule has 0 bridgehead atoms. The SMILES string of the molecule is CC(=O)c1cccc(NC(=O)Nc2ccc(NCc3ccccc3)c(Cl)c2)c1. The number of hydrogen-bond acceptors (Lipinski definition) is 3. The third kappa shape index (κ3) is 5.34. The Morgan fingerprint density at radius 1 is 0.857 bits per heavy atom. The second-order valence-corrected chi connectivity index (χ2v) is 6.66. The van der Waals surface area contributed by atoms with Crippen molar-refractivity contribution < 1.29 is 9.59 Å². The Morgan fingerprint density at radius 3 is 2.25 bits per heavy atom. The summed E-state index contributed by atoms with van der Waals surface area (Å²) in [6, 6.07) is 21.6. The molecule has 0 aliphatic rings. The largest absolute Gasteiger partial charge is 0.380 e. The van der Waals surface area contributed by atoms with Crippen LogP contribution in [-0.4, -0.2) is 11.8 Å². The quantitative estimate of drug-likeness (QED) is 0.463. The number of urea groups is 1. The number of anilines is 3. The second kappa shape index (κ2) is 9.06. The molecular formula is C22H20ClN3O2. The molecule has 3 aromatic rings. The predicted octanol–water partition coefficient (Wildman–Crippen LogP) is 5.80. The van der Waals surface area contributed by atoms with E-state index in [0.29, 0.717) is 28.5 Å². The Labute approximate surface area is 168 Å². The van der Waals surface area contributed by atoms with Crippen molar-refractivity contribution in [2.45, 2.75) is 13.5 Å². The van der Waals surface area contributed by atoms with E-state index in [1.54, 1.807) is 36.4 Å². The molecule has 0 spiro atoms. The highest BCUT2D eigenvalue weighted by atomic mass is 35.5. The van der Waals surface area contributed by atoms with Crippen LogP contribution in [0.25, 0.3) is 0 Å². The summed E-state index contributed by atoms with van der Waals surface area (Å²) in [6.07, 6.45) is 0. The number of rotatable bonds is 6. The summed E-state index contributed by atoms with van der Waals surface area (Å²) in [4.78, 5) is 23.6. The van der Waals surface area contributed by atoms with Gasteiger partial charge in [0, 0.05) is 23.5 Å². The zero-order valence-electron chi connectivity index (χ0n) is 15.3. The van der Waals surface area contributed by atoms with Crippen LogP contribution in [0.1, 0.15) is 22.8 Å². The van der Waals surface area contributed by atoms with Gasteiger partial charge < -0.3 is 16.0 Å². The molecule has 3 N–H and O–H groups in total. The highest BCUT2D eigenvalue weighted by Gasteiger charge is 2.07. The van der Waals surface area contributed by atoms with Crippen molar-refractivity contribution in [1.29, 1.82) is 0 Å². The van der Waals surface area contributed by atoms with E-state index in [0.717, 1.165) is 11.3 Å². The highest BCUT2D eigenvalue weighted by molar-refractivity contribution is 6.33. The molecule has 28 heavy (non-hydrogen) atoms. The summed E-state index contributed by atoms with van der Waals surface area (Å²) in [5.74, 6) is -0.0607. The third-order valence-corrected chi connectivity index (χ3v) is 4.39. The zero-order valence-corrected chi connectivity index (χ0v) is 16.1. The first-order valence-electron chi connectivity index (χ1n) is 8.77. The fraction of sp³-hybridized carbons (Fsp3) is 0.0909. The molecule has 142 valence electrons. The Hall–Kier alpha value is -3.31. The number of ketones is 1. The maximum Gasteiger partial charge on any atom is 0.323 e. The van der Waals surface area contributed by atoms with E-state index in [9.17, 15) is 9.59 Å². The molecular weight excluding hydrogens is 374 g/mol. The fourth-order valence-corrected chi connectivity index (χ4v) is 2.89. The molecule has 2 amide bonds. The van der Waals surface area contributed by atoms with Gasteiger partial charge in [0.25, 0.3) is 0 Å². The Morgan fingerprint density at radius 2 is 1.57 bits per heavy atom. The molecule has 0 saturated heterocycles. The van der Waals surface area contributed by atoms with Gasteiger partial charge in [-0.2, -0.15) is 0 Å². The third-order valence-electron chi connectivity index (χ3n) is 4.08. The van der Waals surface area contributed by atoms with E-state index in [1.807, 2.05) is 36.4 Å². The summed E-state index contributed by atoms with van der Waals surface area (Å²) in [5.41, 5.74) is 3.57. The summed E-state index contributed by atoms with van der Waals surface area (Å²) < 4.78 is 0. The van der Waals surface area contributed by atoms with Gasteiger partial charge in [-0.1, -0.05) is 54.1 Å². The molecule has 0 saturated carbocycles. The normalized spacial score (nSPS) is 10.2. The molecule has 3 aromatic carbocycles. The Kier molecular flexibility index (Phi) is 6.29. The van der Waals surface area contributed by atoms with Crippen LogP contribution < -0.4 is 16.0 Å². The summed E-state index contributed by atoms with van der Waals surface area (Å²) >= 11 is 6.32. The maximum atomic E-state index is 12.2. The molecule has 0 atom stereocenters. The number of benzene rings is 3. The molecule has 5 nitrogen and oxygen atoms in total. The average molecular weight is 394 g/mol. The van der Waals surface area contributed by atoms with Crippen LogP contribution in [0.15, 0.2) is 72.8 Å². The van der Waals surface area contributed by atoms with Crippen LogP contribution in [0, 0.1) is 0 Å². The lowest BCUT2D eigenvalue weighted by Gasteiger charge is -2.12. The van der Waals surface area contributed by atoms with Crippen molar-refractivity contribution in [2.75, 3.05) is 16.0 Å². The van der Waals surface area contributed by atoms with Crippen molar-refractivity contribution >= 4 is 40.5 Å². The number of Topliss-reactive ketones (excluding diaryl/α,β-unsaturated/α-hetero) is 1. The van der Waals surface area contributed by atoms with Crippen molar-refractivity contribution in [2.24, 2.45) is 0 Å². The zero-order chi connectivity index (χ0) is 19.9. The molecule has 0 aromatic heterocycles. The first-order chi connectivity index (χ1) is 13.5. The summed E-state index contributed by atoms with van der Waals surface area (Å²) in [6.45, 7) is 2.13. The van der Waals surface area contributed by atoms with Gasteiger partial charge in [0.1, 0.15) is 0 Å². The van der Waals surface area contributed by atoms with Gasteiger partial charge in [-0.15, -0.1) is 0 Å². The number of carbonyl (C=O) groups excluding carboxylic acids is 2. The van der Waals surface area contributed by atoms with Crippen LogP contribution in [-0.2, 0) is 6.54 Å². The number of amides is 2. The van der Waals surface area contributed by atoms with Crippen LogP contribution in [0.2, 0.25) is 5.02 Å². The van der Waals surface area contributed by atoms with E-state index in [4.69, 9.17) is 11.6 Å². The Balaban J connectivity index is 1.60. The minimum Gasteiger partial charge on any atom is -0.380 e. The molecule has 0 radical (unpaired) electrons. The monoisotopic (exact) mass is 393 g/mol. The van der Waals surface area contributed by atoms with Gasteiger partial charge in [-0.25, -0.2) is 4.79 Å².